The molecule has 8 nitrogen and oxygen atoms in total. The van der Waals surface area contributed by atoms with Gasteiger partial charge in [0.15, 0.2) is 0 Å². The molecule has 0 radical (unpaired) electrons. The van der Waals surface area contributed by atoms with E-state index in [4.69, 9.17) is 10.5 Å². The normalized spacial score (nSPS) is 9.24. The summed E-state index contributed by atoms with van der Waals surface area (Å²) < 4.78 is 62.3. The molecule has 0 spiro atoms. The molecular formula is C18H20N2O6PdS2-2. The second-order valence-corrected chi connectivity index (χ2v) is 7.74. The third-order valence-corrected chi connectivity index (χ3v) is 4.32. The fourth-order valence-corrected chi connectivity index (χ4v) is 2.35. The Morgan fingerprint density at radius 1 is 0.655 bits per heavy atom. The van der Waals surface area contributed by atoms with Gasteiger partial charge in [0.2, 0.25) is 0 Å². The Morgan fingerprint density at radius 3 is 0.966 bits per heavy atom. The van der Waals surface area contributed by atoms with Crippen molar-refractivity contribution in [3.8, 4) is 12.1 Å². The van der Waals surface area contributed by atoms with E-state index in [0.29, 0.717) is 0 Å². The van der Waals surface area contributed by atoms with E-state index in [1.165, 1.54) is 38.1 Å². The van der Waals surface area contributed by atoms with Crippen LogP contribution >= 0.6 is 0 Å². The molecular weight excluding hydrogens is 511 g/mol. The van der Waals surface area contributed by atoms with Crippen molar-refractivity contribution in [1.82, 2.24) is 0 Å². The molecule has 0 aliphatic carbocycles. The Morgan fingerprint density at radius 2 is 0.828 bits per heavy atom. The van der Waals surface area contributed by atoms with E-state index in [9.17, 15) is 25.9 Å². The average Bonchev–Trinajstić information content (AvgIpc) is 2.56. The van der Waals surface area contributed by atoms with Crippen LogP contribution in [0.2, 0.25) is 0 Å². The molecule has 0 fully saturated rings. The molecule has 0 aromatic heterocycles. The smallest absolute Gasteiger partial charge is 0.124 e. The standard InChI is InChI=1S/2C7H8O3S.2C2H3N.Pd/c2*1-6-2-4-7(5-3-6)11(8,9)10;2*1-2-3;/h2*2-5H,1H3,(H,8,9,10);2*1H3;/p-2. The van der Waals surface area contributed by atoms with Crippen LogP contribution in [0.15, 0.2) is 58.3 Å². The van der Waals surface area contributed by atoms with Gasteiger partial charge < -0.3 is 9.11 Å². The van der Waals surface area contributed by atoms with E-state index in [-0.39, 0.29) is 30.2 Å². The van der Waals surface area contributed by atoms with E-state index < -0.39 is 20.2 Å². The van der Waals surface area contributed by atoms with Crippen LogP contribution in [0.25, 0.3) is 0 Å². The van der Waals surface area contributed by atoms with Gasteiger partial charge in [0.1, 0.15) is 20.2 Å². The minimum atomic E-state index is -4.27. The molecule has 0 aliphatic heterocycles. The molecule has 29 heavy (non-hydrogen) atoms. The first-order chi connectivity index (χ1) is 12.8. The average molecular weight is 531 g/mol. The van der Waals surface area contributed by atoms with Gasteiger partial charge in [-0.05, 0) is 38.1 Å². The molecule has 0 aliphatic rings. The van der Waals surface area contributed by atoms with Gasteiger partial charge in [0.05, 0.1) is 21.9 Å². The minimum Gasteiger partial charge on any atom is -0.744 e. The van der Waals surface area contributed by atoms with Crippen molar-refractivity contribution in [1.29, 1.82) is 10.5 Å². The van der Waals surface area contributed by atoms with E-state index >= 15 is 0 Å². The number of aryl methyl sites for hydroxylation is 2. The Kier molecular flexibility index (Phi) is 17.2. The summed E-state index contributed by atoms with van der Waals surface area (Å²) >= 11 is 0. The van der Waals surface area contributed by atoms with Crippen LogP contribution in [0.5, 0.6) is 0 Å². The van der Waals surface area contributed by atoms with E-state index in [1.54, 1.807) is 36.4 Å². The van der Waals surface area contributed by atoms with Crippen molar-refractivity contribution >= 4 is 20.2 Å². The molecule has 0 atom stereocenters. The van der Waals surface area contributed by atoms with Gasteiger partial charge in [-0.3, -0.25) is 0 Å². The largest absolute Gasteiger partial charge is 0.744 e. The van der Waals surface area contributed by atoms with Crippen molar-refractivity contribution in [2.24, 2.45) is 0 Å². The number of benzene rings is 2. The Hall–Kier alpha value is -2.10. The molecule has 2 rings (SSSR count). The van der Waals surface area contributed by atoms with Gasteiger partial charge in [0.25, 0.3) is 0 Å². The first-order valence-corrected chi connectivity index (χ1v) is 10.3. The van der Waals surface area contributed by atoms with Crippen molar-refractivity contribution in [2.45, 2.75) is 37.5 Å². The van der Waals surface area contributed by atoms with E-state index in [0.717, 1.165) is 11.1 Å². The Labute approximate surface area is 186 Å². The molecule has 2 aromatic rings. The van der Waals surface area contributed by atoms with Crippen LogP contribution in [-0.4, -0.2) is 25.9 Å². The number of nitriles is 2. The van der Waals surface area contributed by atoms with Crippen molar-refractivity contribution in [2.75, 3.05) is 0 Å². The maximum Gasteiger partial charge on any atom is 0.124 e. The summed E-state index contributed by atoms with van der Waals surface area (Å²) in [4.78, 5) is -0.355. The van der Waals surface area contributed by atoms with Crippen LogP contribution in [0.4, 0.5) is 0 Å². The number of hydrogen-bond donors (Lipinski definition) is 0. The zero-order valence-electron chi connectivity index (χ0n) is 16.1. The SMILES string of the molecule is CC#N.CC#N.Cc1ccc(S(=O)(=O)[O-])cc1.Cc1ccc(S(=O)(=O)[O-])cc1.[Pd]. The Balaban J connectivity index is -0.000000358. The Bertz CT molecular complexity index is 921. The summed E-state index contributed by atoms with van der Waals surface area (Å²) in [6.07, 6.45) is 0. The summed E-state index contributed by atoms with van der Waals surface area (Å²) in [7, 11) is -8.54. The molecule has 162 valence electrons. The summed E-state index contributed by atoms with van der Waals surface area (Å²) in [5, 5.41) is 14.6. The quantitative estimate of drug-likeness (QED) is 0.422. The summed E-state index contributed by atoms with van der Waals surface area (Å²) in [5.74, 6) is 0. The van der Waals surface area contributed by atoms with Gasteiger partial charge in [-0.15, -0.1) is 0 Å². The maximum absolute atomic E-state index is 10.4. The summed E-state index contributed by atoms with van der Waals surface area (Å²) in [5.41, 5.74) is 1.86. The molecule has 2 aromatic carbocycles. The fourth-order valence-electron chi connectivity index (χ4n) is 1.41. The second kappa shape index (κ2) is 15.8. The van der Waals surface area contributed by atoms with Gasteiger partial charge in [-0.1, -0.05) is 35.4 Å². The van der Waals surface area contributed by atoms with E-state index in [2.05, 4.69) is 0 Å². The minimum absolute atomic E-state index is 0. The first-order valence-electron chi connectivity index (χ1n) is 7.50. The van der Waals surface area contributed by atoms with Gasteiger partial charge in [-0.25, -0.2) is 16.8 Å². The summed E-state index contributed by atoms with van der Waals surface area (Å²) in [6.45, 7) is 6.50. The molecule has 0 amide bonds. The van der Waals surface area contributed by atoms with Crippen molar-refractivity contribution < 1.29 is 46.4 Å². The third kappa shape index (κ3) is 16.6. The third-order valence-electron chi connectivity index (χ3n) is 2.62. The van der Waals surface area contributed by atoms with Crippen LogP contribution < -0.4 is 0 Å². The zero-order valence-corrected chi connectivity index (χ0v) is 19.3. The number of nitrogens with zero attached hydrogens (tertiary/aromatic N) is 2. The van der Waals surface area contributed by atoms with Gasteiger partial charge in [0, 0.05) is 34.3 Å². The van der Waals surface area contributed by atoms with Crippen LogP contribution in [0.3, 0.4) is 0 Å². The molecule has 0 unspecified atom stereocenters. The van der Waals surface area contributed by atoms with Gasteiger partial charge >= 0.3 is 0 Å². The predicted octanol–water partition coefficient (Wildman–Crippen LogP) is 2.86. The summed E-state index contributed by atoms with van der Waals surface area (Å²) in [6, 6.07) is 15.1. The molecule has 0 heterocycles. The molecule has 11 heteroatoms. The maximum atomic E-state index is 10.4. The zero-order chi connectivity index (χ0) is 22.4. The van der Waals surface area contributed by atoms with Gasteiger partial charge in [-0.2, -0.15) is 10.5 Å². The monoisotopic (exact) mass is 530 g/mol. The topological polar surface area (TPSA) is 162 Å². The van der Waals surface area contributed by atoms with Crippen LogP contribution in [0, 0.1) is 36.5 Å². The van der Waals surface area contributed by atoms with E-state index in [1.807, 2.05) is 13.8 Å². The fraction of sp³-hybridized carbons (Fsp3) is 0.222. The molecule has 0 saturated heterocycles. The number of hydrogen-bond acceptors (Lipinski definition) is 8. The molecule has 0 N–H and O–H groups in total. The predicted molar refractivity (Wildman–Crippen MR) is 101 cm³/mol. The molecule has 0 bridgehead atoms. The van der Waals surface area contributed by atoms with Crippen LogP contribution in [-0.2, 0) is 40.7 Å². The second-order valence-electron chi connectivity index (χ2n) is 4.98. The van der Waals surface area contributed by atoms with Crippen molar-refractivity contribution in [3.05, 3.63) is 59.7 Å². The van der Waals surface area contributed by atoms with Crippen molar-refractivity contribution in [3.63, 3.8) is 0 Å². The van der Waals surface area contributed by atoms with Crippen LogP contribution in [0.1, 0.15) is 25.0 Å². The number of rotatable bonds is 2. The first kappa shape index (κ1) is 31.6. The molecule has 0 saturated carbocycles.